The predicted octanol–water partition coefficient (Wildman–Crippen LogP) is 0.390. The van der Waals surface area contributed by atoms with E-state index in [0.29, 0.717) is 6.54 Å². The van der Waals surface area contributed by atoms with Crippen LogP contribution in [0.3, 0.4) is 0 Å². The zero-order valence-electron chi connectivity index (χ0n) is 9.96. The number of aromatic nitrogens is 3. The van der Waals surface area contributed by atoms with E-state index >= 15 is 0 Å². The number of aromatic amines is 1. The monoisotopic (exact) mass is 246 g/mol. The van der Waals surface area contributed by atoms with Crippen LogP contribution in [0.25, 0.3) is 0 Å². The molecule has 0 aliphatic rings. The largest absolute Gasteiger partial charge is 0.348 e. The van der Waals surface area contributed by atoms with E-state index in [4.69, 9.17) is 0 Å². The molecule has 2 N–H and O–H groups in total. The topological polar surface area (TPSA) is 79.8 Å². The van der Waals surface area contributed by atoms with Gasteiger partial charge >= 0.3 is 0 Å². The fraction of sp³-hybridized carbons (Fsp3) is 0.250. The maximum Gasteiger partial charge on any atom is 0.260 e. The zero-order valence-corrected chi connectivity index (χ0v) is 9.96. The maximum atomic E-state index is 11.8. The highest BCUT2D eigenvalue weighted by Gasteiger charge is 2.12. The molecule has 6 nitrogen and oxygen atoms in total. The summed E-state index contributed by atoms with van der Waals surface area (Å²) in [6, 6.07) is 4.82. The van der Waals surface area contributed by atoms with Crippen LogP contribution in [0.15, 0.2) is 41.6 Å². The lowest BCUT2D eigenvalue weighted by Crippen LogP contribution is -2.38. The van der Waals surface area contributed by atoms with E-state index in [1.54, 1.807) is 16.9 Å². The molecular weight excluding hydrogens is 232 g/mol. The Kier molecular flexibility index (Phi) is 3.57. The highest BCUT2D eigenvalue weighted by molar-refractivity contribution is 5.93. The molecule has 0 saturated carbocycles. The molecule has 0 unspecified atom stereocenters. The molecule has 2 heterocycles. The Bertz CT molecular complexity index is 574. The highest BCUT2D eigenvalue weighted by Crippen LogP contribution is 1.94. The third kappa shape index (κ3) is 2.85. The molecule has 2 rings (SSSR count). The molecule has 0 saturated heterocycles. The smallest absolute Gasteiger partial charge is 0.260 e. The van der Waals surface area contributed by atoms with Gasteiger partial charge in [0.2, 0.25) is 0 Å². The molecule has 0 aromatic carbocycles. The van der Waals surface area contributed by atoms with Gasteiger partial charge in [0.15, 0.2) is 0 Å². The molecule has 0 aliphatic heterocycles. The van der Waals surface area contributed by atoms with E-state index in [1.807, 2.05) is 19.2 Å². The first kappa shape index (κ1) is 12.1. The van der Waals surface area contributed by atoms with Crippen LogP contribution in [0.1, 0.15) is 17.3 Å². The van der Waals surface area contributed by atoms with Gasteiger partial charge in [-0.1, -0.05) is 0 Å². The van der Waals surface area contributed by atoms with Crippen molar-refractivity contribution in [2.75, 3.05) is 0 Å². The number of rotatable bonds is 4. The quantitative estimate of drug-likeness (QED) is 0.819. The molecule has 0 bridgehead atoms. The Morgan fingerprint density at radius 2 is 2.39 bits per heavy atom. The van der Waals surface area contributed by atoms with Crippen LogP contribution in [-0.4, -0.2) is 26.7 Å². The van der Waals surface area contributed by atoms with Gasteiger partial charge in [-0.25, -0.2) is 0 Å². The SMILES string of the molecule is C[C@H](Cn1cccn1)NC(=O)c1ccc[nH]c1=O. The number of nitrogens with zero attached hydrogens (tertiary/aromatic N) is 2. The summed E-state index contributed by atoms with van der Waals surface area (Å²) in [7, 11) is 0. The normalized spacial score (nSPS) is 12.1. The Morgan fingerprint density at radius 1 is 1.56 bits per heavy atom. The van der Waals surface area contributed by atoms with E-state index in [2.05, 4.69) is 15.4 Å². The second kappa shape index (κ2) is 5.31. The van der Waals surface area contributed by atoms with Crippen molar-refractivity contribution in [2.45, 2.75) is 19.5 Å². The van der Waals surface area contributed by atoms with Gasteiger partial charge in [0.05, 0.1) is 6.54 Å². The van der Waals surface area contributed by atoms with Crippen molar-refractivity contribution in [3.05, 3.63) is 52.7 Å². The standard InChI is InChI=1S/C12H14N4O2/c1-9(8-16-7-3-6-14-16)15-12(18)10-4-2-5-13-11(10)17/h2-7,9H,8H2,1H3,(H,13,17)(H,15,18)/t9-/m1/s1. The van der Waals surface area contributed by atoms with Crippen LogP contribution >= 0.6 is 0 Å². The number of carbonyl (C=O) groups excluding carboxylic acids is 1. The van der Waals surface area contributed by atoms with Gasteiger partial charge in [-0.3, -0.25) is 14.3 Å². The van der Waals surface area contributed by atoms with Gasteiger partial charge in [-0.15, -0.1) is 0 Å². The number of hydrogen-bond donors (Lipinski definition) is 2. The number of nitrogens with one attached hydrogen (secondary N) is 2. The Hall–Kier alpha value is -2.37. The molecule has 0 fully saturated rings. The molecular formula is C12H14N4O2. The minimum Gasteiger partial charge on any atom is -0.348 e. The lowest BCUT2D eigenvalue weighted by Gasteiger charge is -2.13. The third-order valence-electron chi connectivity index (χ3n) is 2.46. The van der Waals surface area contributed by atoms with Crippen molar-refractivity contribution >= 4 is 5.91 Å². The van der Waals surface area contributed by atoms with E-state index in [1.165, 1.54) is 12.3 Å². The molecule has 2 aromatic rings. The first-order valence-electron chi connectivity index (χ1n) is 5.63. The minimum atomic E-state index is -0.388. The maximum absolute atomic E-state index is 11.8. The second-order valence-corrected chi connectivity index (χ2v) is 4.02. The van der Waals surface area contributed by atoms with Gasteiger partial charge in [0.25, 0.3) is 11.5 Å². The van der Waals surface area contributed by atoms with Crippen molar-refractivity contribution in [1.29, 1.82) is 0 Å². The second-order valence-electron chi connectivity index (χ2n) is 4.02. The van der Waals surface area contributed by atoms with Crippen molar-refractivity contribution in [3.63, 3.8) is 0 Å². The van der Waals surface area contributed by atoms with Crippen LogP contribution in [-0.2, 0) is 6.54 Å². The minimum absolute atomic E-state index is 0.114. The Morgan fingerprint density at radius 3 is 3.06 bits per heavy atom. The van der Waals surface area contributed by atoms with Crippen molar-refractivity contribution in [2.24, 2.45) is 0 Å². The van der Waals surface area contributed by atoms with Gasteiger partial charge in [-0.2, -0.15) is 5.10 Å². The average molecular weight is 246 g/mol. The summed E-state index contributed by atoms with van der Waals surface area (Å²) in [5.41, 5.74) is -0.272. The molecule has 6 heteroatoms. The van der Waals surface area contributed by atoms with E-state index in [9.17, 15) is 9.59 Å². The zero-order chi connectivity index (χ0) is 13.0. The fourth-order valence-electron chi connectivity index (χ4n) is 1.64. The molecule has 1 amide bonds. The summed E-state index contributed by atoms with van der Waals surface area (Å²) >= 11 is 0. The van der Waals surface area contributed by atoms with Crippen LogP contribution in [0, 0.1) is 0 Å². The number of carbonyl (C=O) groups is 1. The summed E-state index contributed by atoms with van der Waals surface area (Å²) in [6.45, 7) is 2.42. The molecule has 0 radical (unpaired) electrons. The number of hydrogen-bond acceptors (Lipinski definition) is 3. The van der Waals surface area contributed by atoms with Crippen LogP contribution in [0.2, 0.25) is 0 Å². The predicted molar refractivity (Wildman–Crippen MR) is 66.2 cm³/mol. The number of amides is 1. The lowest BCUT2D eigenvalue weighted by molar-refractivity contribution is 0.0934. The van der Waals surface area contributed by atoms with Crippen molar-refractivity contribution in [1.82, 2.24) is 20.1 Å². The van der Waals surface area contributed by atoms with Crippen LogP contribution in [0.4, 0.5) is 0 Å². The summed E-state index contributed by atoms with van der Waals surface area (Å²) in [5.74, 6) is -0.378. The molecule has 94 valence electrons. The number of H-pyrrole nitrogens is 1. The van der Waals surface area contributed by atoms with Gasteiger partial charge in [0, 0.05) is 24.6 Å². The van der Waals surface area contributed by atoms with Crippen molar-refractivity contribution in [3.8, 4) is 0 Å². The van der Waals surface area contributed by atoms with Crippen molar-refractivity contribution < 1.29 is 4.79 Å². The van der Waals surface area contributed by atoms with Crippen LogP contribution < -0.4 is 10.9 Å². The van der Waals surface area contributed by atoms with Gasteiger partial charge < -0.3 is 10.3 Å². The first-order chi connectivity index (χ1) is 8.66. The number of pyridine rings is 1. The fourth-order valence-corrected chi connectivity index (χ4v) is 1.64. The third-order valence-corrected chi connectivity index (χ3v) is 2.46. The molecule has 2 aromatic heterocycles. The molecule has 18 heavy (non-hydrogen) atoms. The Balaban J connectivity index is 1.99. The van der Waals surface area contributed by atoms with E-state index in [0.717, 1.165) is 0 Å². The summed E-state index contributed by atoms with van der Waals surface area (Å²) in [6.07, 6.45) is 4.99. The lowest BCUT2D eigenvalue weighted by atomic mass is 10.2. The molecule has 0 spiro atoms. The van der Waals surface area contributed by atoms with Crippen LogP contribution in [0.5, 0.6) is 0 Å². The highest BCUT2D eigenvalue weighted by atomic mass is 16.2. The summed E-state index contributed by atoms with van der Waals surface area (Å²) in [4.78, 5) is 25.7. The van der Waals surface area contributed by atoms with Gasteiger partial charge in [0.1, 0.15) is 5.56 Å². The van der Waals surface area contributed by atoms with E-state index in [-0.39, 0.29) is 23.1 Å². The molecule has 1 atom stereocenters. The first-order valence-corrected chi connectivity index (χ1v) is 5.63. The van der Waals surface area contributed by atoms with Gasteiger partial charge in [-0.05, 0) is 25.1 Å². The van der Waals surface area contributed by atoms with E-state index < -0.39 is 0 Å². The summed E-state index contributed by atoms with van der Waals surface area (Å²) in [5, 5.41) is 6.81. The molecule has 0 aliphatic carbocycles. The Labute approximate surface area is 104 Å². The average Bonchev–Trinajstić information content (AvgIpc) is 2.82. The summed E-state index contributed by atoms with van der Waals surface area (Å²) < 4.78 is 1.72.